The van der Waals surface area contributed by atoms with Gasteiger partial charge in [-0.25, -0.2) is 26.9 Å². The summed E-state index contributed by atoms with van der Waals surface area (Å²) in [6, 6.07) is 14.9. The molecule has 4 rings (SSSR count). The van der Waals surface area contributed by atoms with E-state index in [1.807, 2.05) is 62.4 Å². The average molecular weight is 446 g/mol. The highest BCUT2D eigenvalue weighted by Gasteiger charge is 2.31. The lowest BCUT2D eigenvalue weighted by Gasteiger charge is -2.23. The van der Waals surface area contributed by atoms with Gasteiger partial charge in [-0.1, -0.05) is 48.5 Å². The number of benzene rings is 3. The first-order valence-electron chi connectivity index (χ1n) is 9.29. The van der Waals surface area contributed by atoms with Crippen LogP contribution in [0, 0.1) is 42.9 Å². The Morgan fingerprint density at radius 2 is 1.13 bits per heavy atom. The van der Waals surface area contributed by atoms with Crippen molar-refractivity contribution in [2.24, 2.45) is 0 Å². The summed E-state index contributed by atoms with van der Waals surface area (Å²) in [6.07, 6.45) is 2.50. The number of nitrogens with zero attached hydrogens (tertiary/aromatic N) is 2. The van der Waals surface area contributed by atoms with Gasteiger partial charge in [0, 0.05) is 20.3 Å². The van der Waals surface area contributed by atoms with E-state index in [0.29, 0.717) is 0 Å². The minimum absolute atomic E-state index is 0.196. The molecule has 0 N–H and O–H groups in total. The van der Waals surface area contributed by atoms with Crippen LogP contribution in [0.25, 0.3) is 5.69 Å². The van der Waals surface area contributed by atoms with E-state index in [2.05, 4.69) is 4.98 Å². The first kappa shape index (κ1) is 21.2. The molecule has 0 spiro atoms. The molecule has 1 aromatic heterocycles. The van der Waals surface area contributed by atoms with Crippen LogP contribution in [0.3, 0.4) is 0 Å². The van der Waals surface area contributed by atoms with Crippen LogP contribution < -0.4 is 16.2 Å². The van der Waals surface area contributed by atoms with Crippen LogP contribution in [0.15, 0.2) is 60.9 Å². The maximum absolute atomic E-state index is 14.6. The molecule has 3 aromatic carbocycles. The van der Waals surface area contributed by atoms with Crippen molar-refractivity contribution < 1.29 is 22.0 Å². The summed E-state index contributed by atoms with van der Waals surface area (Å²) >= 11 is 0. The second-order valence-corrected chi connectivity index (χ2v) is 8.96. The fourth-order valence-corrected chi connectivity index (χ4v) is 5.99. The molecule has 0 fully saturated rings. The minimum atomic E-state index is -2.19. The van der Waals surface area contributed by atoms with Crippen molar-refractivity contribution in [3.8, 4) is 5.69 Å². The van der Waals surface area contributed by atoms with Gasteiger partial charge in [0.25, 0.3) is 0 Å². The van der Waals surface area contributed by atoms with E-state index in [1.54, 1.807) is 0 Å². The number of halogens is 5. The molecule has 0 aliphatic heterocycles. The molecule has 4 aromatic rings. The Labute approximate surface area is 176 Å². The maximum Gasteiger partial charge on any atom is 0.200 e. The molecule has 0 aliphatic rings. The van der Waals surface area contributed by atoms with Gasteiger partial charge in [0.2, 0.25) is 5.82 Å². The van der Waals surface area contributed by atoms with Gasteiger partial charge in [-0.3, -0.25) is 4.57 Å². The highest BCUT2D eigenvalue weighted by Crippen LogP contribution is 2.36. The first-order chi connectivity index (χ1) is 14.8. The Balaban J connectivity index is 2.04. The van der Waals surface area contributed by atoms with Crippen molar-refractivity contribution in [2.75, 3.05) is 0 Å². The van der Waals surface area contributed by atoms with Crippen molar-refractivity contribution in [1.82, 2.24) is 9.55 Å². The standard InChI is InChI=1S/C23H16F5N2P/c1-13-7-3-5-9-15(13)31(16-10-6-4-8-14(16)2)23-29-11-12-30(23)22-20(27)18(25)17(24)19(26)21(22)28/h3-12H,1-2H3. The van der Waals surface area contributed by atoms with Gasteiger partial charge >= 0.3 is 0 Å². The molecule has 0 unspecified atom stereocenters. The third kappa shape index (κ3) is 3.53. The van der Waals surface area contributed by atoms with Crippen LogP contribution in [0.2, 0.25) is 0 Å². The summed E-state index contributed by atoms with van der Waals surface area (Å²) in [5.74, 6) is -9.99. The van der Waals surface area contributed by atoms with Gasteiger partial charge in [-0.05, 0) is 35.6 Å². The number of aromatic nitrogens is 2. The van der Waals surface area contributed by atoms with E-state index < -0.39 is 42.7 Å². The normalized spacial score (nSPS) is 11.4. The summed E-state index contributed by atoms with van der Waals surface area (Å²) in [5, 5.41) is 1.73. The van der Waals surface area contributed by atoms with Gasteiger partial charge in [-0.15, -0.1) is 0 Å². The molecule has 0 radical (unpaired) electrons. The molecule has 0 saturated heterocycles. The highest BCUT2D eigenvalue weighted by atomic mass is 31.1. The number of aryl methyl sites for hydroxylation is 2. The zero-order chi connectivity index (χ0) is 22.3. The Kier molecular flexibility index (Phi) is 5.63. The van der Waals surface area contributed by atoms with Crippen LogP contribution in [-0.4, -0.2) is 9.55 Å². The summed E-state index contributed by atoms with van der Waals surface area (Å²) < 4.78 is 71.6. The first-order valence-corrected chi connectivity index (χ1v) is 10.6. The molecule has 1 heterocycles. The lowest BCUT2D eigenvalue weighted by atomic mass is 10.2. The summed E-state index contributed by atoms with van der Waals surface area (Å²) in [6.45, 7) is 3.79. The quantitative estimate of drug-likeness (QED) is 0.188. The summed E-state index contributed by atoms with van der Waals surface area (Å²) in [7, 11) is -1.47. The van der Waals surface area contributed by atoms with Gasteiger partial charge in [0.1, 0.15) is 11.3 Å². The van der Waals surface area contributed by atoms with E-state index in [4.69, 9.17) is 0 Å². The van der Waals surface area contributed by atoms with Crippen molar-refractivity contribution in [2.45, 2.75) is 13.8 Å². The zero-order valence-electron chi connectivity index (χ0n) is 16.5. The molecule has 0 atom stereocenters. The fourth-order valence-electron chi connectivity index (χ4n) is 3.41. The lowest BCUT2D eigenvalue weighted by Crippen LogP contribution is -2.30. The van der Waals surface area contributed by atoms with Gasteiger partial charge < -0.3 is 0 Å². The zero-order valence-corrected chi connectivity index (χ0v) is 17.4. The van der Waals surface area contributed by atoms with Crippen LogP contribution in [0.5, 0.6) is 0 Å². The maximum atomic E-state index is 14.6. The summed E-state index contributed by atoms with van der Waals surface area (Å²) in [4.78, 5) is 4.31. The van der Waals surface area contributed by atoms with Gasteiger partial charge in [0.05, 0.1) is 0 Å². The monoisotopic (exact) mass is 446 g/mol. The topological polar surface area (TPSA) is 17.8 Å². The SMILES string of the molecule is Cc1ccccc1P(c1ccccc1C)c1nccn1-c1c(F)c(F)c(F)c(F)c1F. The molecule has 31 heavy (non-hydrogen) atoms. The van der Waals surface area contributed by atoms with Crippen molar-refractivity contribution in [3.05, 3.63) is 101 Å². The fraction of sp³-hybridized carbons (Fsp3) is 0.0870. The van der Waals surface area contributed by atoms with E-state index in [0.717, 1.165) is 26.3 Å². The molecule has 0 amide bonds. The molecule has 2 nitrogen and oxygen atoms in total. The Bertz CT molecular complexity index is 1210. The number of rotatable bonds is 4. The van der Waals surface area contributed by atoms with E-state index >= 15 is 0 Å². The van der Waals surface area contributed by atoms with Gasteiger partial charge in [0.15, 0.2) is 23.3 Å². The second kappa shape index (κ2) is 8.23. The number of imidazole rings is 1. The predicted octanol–water partition coefficient (Wildman–Crippen LogP) is 4.94. The molecule has 8 heteroatoms. The van der Waals surface area contributed by atoms with Crippen LogP contribution in [0.1, 0.15) is 11.1 Å². The third-order valence-corrected chi connectivity index (χ3v) is 7.66. The van der Waals surface area contributed by atoms with Crippen molar-refractivity contribution in [1.29, 1.82) is 0 Å². The summed E-state index contributed by atoms with van der Waals surface area (Å²) in [5.41, 5.74) is 0.994. The number of hydrogen-bond donors (Lipinski definition) is 0. The average Bonchev–Trinajstić information content (AvgIpc) is 3.23. The third-order valence-electron chi connectivity index (χ3n) is 4.96. The lowest BCUT2D eigenvalue weighted by molar-refractivity contribution is 0.376. The Morgan fingerprint density at radius 3 is 1.61 bits per heavy atom. The van der Waals surface area contributed by atoms with Crippen molar-refractivity contribution >= 4 is 24.1 Å². The predicted molar refractivity (Wildman–Crippen MR) is 112 cm³/mol. The molecule has 0 aliphatic carbocycles. The van der Waals surface area contributed by atoms with Crippen LogP contribution in [0.4, 0.5) is 22.0 Å². The Morgan fingerprint density at radius 1 is 0.677 bits per heavy atom. The Hall–Kier alpha value is -3.05. The second-order valence-electron chi connectivity index (χ2n) is 6.92. The van der Waals surface area contributed by atoms with Crippen molar-refractivity contribution in [3.63, 3.8) is 0 Å². The van der Waals surface area contributed by atoms with Crippen LogP contribution in [-0.2, 0) is 0 Å². The van der Waals surface area contributed by atoms with E-state index in [1.165, 1.54) is 12.4 Å². The highest BCUT2D eigenvalue weighted by molar-refractivity contribution is 7.79. The molecular formula is C23H16F5N2P. The number of hydrogen-bond acceptors (Lipinski definition) is 1. The van der Waals surface area contributed by atoms with Gasteiger partial charge in [-0.2, -0.15) is 0 Å². The largest absolute Gasteiger partial charge is 0.294 e. The van der Waals surface area contributed by atoms with E-state index in [-0.39, 0.29) is 5.57 Å². The molecule has 0 saturated carbocycles. The smallest absolute Gasteiger partial charge is 0.200 e. The molecular weight excluding hydrogens is 430 g/mol. The van der Waals surface area contributed by atoms with Crippen LogP contribution >= 0.6 is 7.92 Å². The minimum Gasteiger partial charge on any atom is -0.294 e. The molecule has 0 bridgehead atoms. The van der Waals surface area contributed by atoms with E-state index in [9.17, 15) is 22.0 Å². The molecule has 158 valence electrons.